The van der Waals surface area contributed by atoms with Gasteiger partial charge in [0, 0.05) is 12.1 Å². The van der Waals surface area contributed by atoms with Gasteiger partial charge in [-0.2, -0.15) is 0 Å². The number of benzene rings is 1. The van der Waals surface area contributed by atoms with Crippen LogP contribution in [0.2, 0.25) is 0 Å². The van der Waals surface area contributed by atoms with Gasteiger partial charge < -0.3 is 9.84 Å². The van der Waals surface area contributed by atoms with E-state index >= 15 is 0 Å². The molecule has 3 rings (SSSR count). The molecule has 1 aromatic carbocycles. The van der Waals surface area contributed by atoms with E-state index in [9.17, 15) is 5.11 Å². The van der Waals surface area contributed by atoms with Crippen LogP contribution in [0.5, 0.6) is 11.5 Å². The number of hydrogen-bond acceptors (Lipinski definition) is 3. The average Bonchev–Trinajstić information content (AvgIpc) is 2.74. The van der Waals surface area contributed by atoms with Gasteiger partial charge >= 0.3 is 0 Å². The summed E-state index contributed by atoms with van der Waals surface area (Å²) in [5.74, 6) is 1.17. The lowest BCUT2D eigenvalue weighted by molar-refractivity contribution is 0.0883. The number of likely N-dealkylation sites (tertiary alicyclic amines) is 1. The summed E-state index contributed by atoms with van der Waals surface area (Å²) >= 11 is 0. The third kappa shape index (κ3) is 2.00. The van der Waals surface area contributed by atoms with E-state index in [4.69, 9.17) is 4.74 Å². The fourth-order valence-corrected chi connectivity index (χ4v) is 3.06. The van der Waals surface area contributed by atoms with Crippen molar-refractivity contribution in [3.8, 4) is 11.5 Å². The van der Waals surface area contributed by atoms with E-state index in [-0.39, 0.29) is 6.10 Å². The van der Waals surface area contributed by atoms with Crippen molar-refractivity contribution in [2.75, 3.05) is 13.6 Å². The second-order valence-electron chi connectivity index (χ2n) is 5.18. The highest BCUT2D eigenvalue weighted by Crippen LogP contribution is 2.34. The molecule has 2 aliphatic heterocycles. The van der Waals surface area contributed by atoms with Gasteiger partial charge in [-0.1, -0.05) is 6.07 Å². The Balaban J connectivity index is 1.80. The number of fused-ring (bicyclic) bond motifs is 1. The van der Waals surface area contributed by atoms with Crippen LogP contribution in [0.3, 0.4) is 0 Å². The van der Waals surface area contributed by atoms with E-state index in [1.54, 1.807) is 12.1 Å². The Morgan fingerprint density at radius 1 is 1.35 bits per heavy atom. The summed E-state index contributed by atoms with van der Waals surface area (Å²) in [6.07, 6.45) is 4.94. The minimum Gasteiger partial charge on any atom is -0.508 e. The van der Waals surface area contributed by atoms with Crippen LogP contribution in [0, 0.1) is 0 Å². The van der Waals surface area contributed by atoms with Crippen LogP contribution in [-0.2, 0) is 6.42 Å². The molecule has 0 amide bonds. The second kappa shape index (κ2) is 4.22. The highest BCUT2D eigenvalue weighted by molar-refractivity contribution is 5.41. The fourth-order valence-electron chi connectivity index (χ4n) is 3.06. The summed E-state index contributed by atoms with van der Waals surface area (Å²) in [7, 11) is 2.18. The Bertz CT molecular complexity index is 419. The molecule has 1 saturated heterocycles. The van der Waals surface area contributed by atoms with Crippen LogP contribution in [0.1, 0.15) is 24.8 Å². The van der Waals surface area contributed by atoms with Crippen molar-refractivity contribution in [1.29, 1.82) is 0 Å². The number of aromatic hydroxyl groups is 1. The van der Waals surface area contributed by atoms with Gasteiger partial charge in [-0.05, 0) is 50.9 Å². The number of likely N-dealkylation sites (N-methyl/N-ethyl adjacent to an activating group) is 1. The molecule has 2 atom stereocenters. The summed E-state index contributed by atoms with van der Waals surface area (Å²) < 4.78 is 6.07. The van der Waals surface area contributed by atoms with E-state index in [1.165, 1.54) is 24.9 Å². The van der Waals surface area contributed by atoms with E-state index in [2.05, 4.69) is 11.9 Å². The van der Waals surface area contributed by atoms with E-state index in [0.717, 1.165) is 18.6 Å². The minimum atomic E-state index is 0.289. The first kappa shape index (κ1) is 10.9. The van der Waals surface area contributed by atoms with Crippen molar-refractivity contribution in [3.05, 3.63) is 23.8 Å². The minimum absolute atomic E-state index is 0.289. The van der Waals surface area contributed by atoms with Crippen LogP contribution in [0.15, 0.2) is 18.2 Å². The van der Waals surface area contributed by atoms with E-state index in [1.807, 2.05) is 6.07 Å². The van der Waals surface area contributed by atoms with Crippen LogP contribution >= 0.6 is 0 Å². The van der Waals surface area contributed by atoms with Crippen molar-refractivity contribution >= 4 is 0 Å². The molecule has 3 heteroatoms. The number of aryl methyl sites for hydroxylation is 1. The molecular formula is C14H19NO2. The summed E-state index contributed by atoms with van der Waals surface area (Å²) in [6.45, 7) is 1.18. The van der Waals surface area contributed by atoms with Gasteiger partial charge in [0.2, 0.25) is 0 Å². The average molecular weight is 233 g/mol. The molecular weight excluding hydrogens is 214 g/mol. The van der Waals surface area contributed by atoms with E-state index in [0.29, 0.717) is 11.8 Å². The lowest BCUT2D eigenvalue weighted by Crippen LogP contribution is -2.41. The Morgan fingerprint density at radius 3 is 3.00 bits per heavy atom. The zero-order chi connectivity index (χ0) is 11.8. The predicted octanol–water partition coefficient (Wildman–Crippen LogP) is 2.18. The van der Waals surface area contributed by atoms with Crippen LogP contribution < -0.4 is 4.74 Å². The Kier molecular flexibility index (Phi) is 2.71. The SMILES string of the molecule is CN1CCC[C@@H]1[C@H]1CCc2ccc(O)cc2O1. The first-order chi connectivity index (χ1) is 8.24. The van der Waals surface area contributed by atoms with Gasteiger partial charge in [-0.15, -0.1) is 0 Å². The number of hydrogen-bond donors (Lipinski definition) is 1. The van der Waals surface area contributed by atoms with Gasteiger partial charge in [0.1, 0.15) is 17.6 Å². The van der Waals surface area contributed by atoms with Crippen molar-refractivity contribution in [3.63, 3.8) is 0 Å². The van der Waals surface area contributed by atoms with Gasteiger partial charge in [-0.3, -0.25) is 4.90 Å². The Labute approximate surface area is 102 Å². The second-order valence-corrected chi connectivity index (χ2v) is 5.18. The zero-order valence-corrected chi connectivity index (χ0v) is 10.2. The molecule has 1 aromatic rings. The molecule has 0 aliphatic carbocycles. The number of phenols is 1. The standard InChI is InChI=1S/C14H19NO2/c1-15-8-2-3-12(15)13-7-5-10-4-6-11(16)9-14(10)17-13/h4,6,9,12-13,16H,2-3,5,7-8H2,1H3/t12-,13-/m1/s1. The molecule has 0 unspecified atom stereocenters. The molecule has 2 heterocycles. The maximum Gasteiger partial charge on any atom is 0.126 e. The molecule has 0 aromatic heterocycles. The monoisotopic (exact) mass is 233 g/mol. The summed E-state index contributed by atoms with van der Waals surface area (Å²) in [5.41, 5.74) is 1.22. The largest absolute Gasteiger partial charge is 0.508 e. The molecule has 2 aliphatic rings. The number of ether oxygens (including phenoxy) is 1. The Hall–Kier alpha value is -1.22. The molecule has 1 fully saturated rings. The number of nitrogens with zero attached hydrogens (tertiary/aromatic N) is 1. The summed E-state index contributed by atoms with van der Waals surface area (Å²) in [6, 6.07) is 6.00. The van der Waals surface area contributed by atoms with Crippen molar-refractivity contribution < 1.29 is 9.84 Å². The molecule has 0 spiro atoms. The molecule has 0 saturated carbocycles. The molecule has 0 bridgehead atoms. The zero-order valence-electron chi connectivity index (χ0n) is 10.2. The first-order valence-electron chi connectivity index (χ1n) is 6.43. The molecule has 92 valence electrons. The topological polar surface area (TPSA) is 32.7 Å². The molecule has 17 heavy (non-hydrogen) atoms. The normalized spacial score (nSPS) is 28.8. The quantitative estimate of drug-likeness (QED) is 0.807. The van der Waals surface area contributed by atoms with Gasteiger partial charge in [0.15, 0.2) is 0 Å². The highest BCUT2D eigenvalue weighted by atomic mass is 16.5. The Morgan fingerprint density at radius 2 is 2.24 bits per heavy atom. The third-order valence-corrected chi connectivity index (χ3v) is 4.03. The lowest BCUT2D eigenvalue weighted by Gasteiger charge is -2.33. The number of phenolic OH excluding ortho intramolecular Hbond substituents is 1. The van der Waals surface area contributed by atoms with Gasteiger partial charge in [0.25, 0.3) is 0 Å². The number of rotatable bonds is 1. The van der Waals surface area contributed by atoms with E-state index < -0.39 is 0 Å². The predicted molar refractivity (Wildman–Crippen MR) is 66.5 cm³/mol. The van der Waals surface area contributed by atoms with Crippen molar-refractivity contribution in [1.82, 2.24) is 4.90 Å². The molecule has 1 N–H and O–H groups in total. The van der Waals surface area contributed by atoms with Gasteiger partial charge in [-0.25, -0.2) is 0 Å². The van der Waals surface area contributed by atoms with Crippen LogP contribution in [0.25, 0.3) is 0 Å². The van der Waals surface area contributed by atoms with Crippen molar-refractivity contribution in [2.45, 2.75) is 37.8 Å². The third-order valence-electron chi connectivity index (χ3n) is 4.03. The highest BCUT2D eigenvalue weighted by Gasteiger charge is 2.33. The first-order valence-corrected chi connectivity index (χ1v) is 6.43. The molecule has 3 nitrogen and oxygen atoms in total. The van der Waals surface area contributed by atoms with Crippen molar-refractivity contribution in [2.24, 2.45) is 0 Å². The van der Waals surface area contributed by atoms with Crippen LogP contribution in [-0.4, -0.2) is 35.7 Å². The molecule has 0 radical (unpaired) electrons. The smallest absolute Gasteiger partial charge is 0.126 e. The summed E-state index contributed by atoms with van der Waals surface area (Å²) in [5, 5.41) is 9.50. The maximum atomic E-state index is 9.50. The van der Waals surface area contributed by atoms with Gasteiger partial charge in [0.05, 0.1) is 0 Å². The maximum absolute atomic E-state index is 9.50. The lowest BCUT2D eigenvalue weighted by atomic mass is 9.96. The van der Waals surface area contributed by atoms with Crippen LogP contribution in [0.4, 0.5) is 0 Å². The fraction of sp³-hybridized carbons (Fsp3) is 0.571. The summed E-state index contributed by atoms with van der Waals surface area (Å²) in [4.78, 5) is 2.40.